The Morgan fingerprint density at radius 2 is 2.29 bits per heavy atom. The Labute approximate surface area is 122 Å². The van der Waals surface area contributed by atoms with Gasteiger partial charge in [-0.05, 0) is 31.0 Å². The molecule has 108 valence electrons. The fourth-order valence-electron chi connectivity index (χ4n) is 1.88. The lowest BCUT2D eigenvalue weighted by molar-refractivity contribution is 0.0953. The second kappa shape index (κ2) is 6.56. The van der Waals surface area contributed by atoms with Gasteiger partial charge in [0.25, 0.3) is 5.91 Å². The van der Waals surface area contributed by atoms with Crippen molar-refractivity contribution in [2.75, 3.05) is 0 Å². The number of phenolic OH excluding ortho intramolecular Hbond substituents is 1. The van der Waals surface area contributed by atoms with E-state index in [9.17, 15) is 9.90 Å². The molecule has 0 saturated heterocycles. The number of carbonyl (C=O) groups excluding carboxylic acids is 1. The number of amides is 1. The molecule has 1 aromatic heterocycles. The molecule has 2 rings (SSSR count). The second-order valence-electron chi connectivity index (χ2n) is 4.44. The number of nitrogens with one attached hydrogen (secondary N) is 1. The lowest BCUT2D eigenvalue weighted by Crippen LogP contribution is -2.17. The molecule has 5 nitrogen and oxygen atoms in total. The predicted molar refractivity (Wildman–Crippen MR) is 80.5 cm³/mol. The Balaban J connectivity index is 2.08. The minimum atomic E-state index is -0.362. The number of furan rings is 1. The third-order valence-corrected chi connectivity index (χ3v) is 2.99. The first kappa shape index (κ1) is 14.6. The maximum atomic E-state index is 11.8. The SMILES string of the molecule is C=CCc1cccc(/C=N\NC(=O)c2ccoc2C)c1O. The van der Waals surface area contributed by atoms with Crippen LogP contribution in [0.4, 0.5) is 0 Å². The minimum Gasteiger partial charge on any atom is -0.507 e. The summed E-state index contributed by atoms with van der Waals surface area (Å²) in [5.41, 5.74) is 4.10. The molecule has 0 radical (unpaired) electrons. The van der Waals surface area contributed by atoms with Crippen LogP contribution < -0.4 is 5.43 Å². The summed E-state index contributed by atoms with van der Waals surface area (Å²) >= 11 is 0. The first-order valence-corrected chi connectivity index (χ1v) is 6.42. The Kier molecular flexibility index (Phi) is 4.56. The van der Waals surface area contributed by atoms with E-state index in [4.69, 9.17) is 4.42 Å². The van der Waals surface area contributed by atoms with Crippen molar-refractivity contribution in [1.29, 1.82) is 0 Å². The summed E-state index contributed by atoms with van der Waals surface area (Å²) in [5.74, 6) is 0.299. The fourth-order valence-corrected chi connectivity index (χ4v) is 1.88. The van der Waals surface area contributed by atoms with Gasteiger partial charge in [0, 0.05) is 5.56 Å². The third kappa shape index (κ3) is 3.39. The topological polar surface area (TPSA) is 74.8 Å². The van der Waals surface area contributed by atoms with E-state index in [0.717, 1.165) is 5.56 Å². The van der Waals surface area contributed by atoms with E-state index < -0.39 is 0 Å². The average Bonchev–Trinajstić information content (AvgIpc) is 2.89. The number of hydrogen-bond donors (Lipinski definition) is 2. The molecule has 5 heteroatoms. The summed E-state index contributed by atoms with van der Waals surface area (Å²) in [6, 6.07) is 6.90. The number of benzene rings is 1. The van der Waals surface area contributed by atoms with Crippen LogP contribution in [0.1, 0.15) is 27.2 Å². The molecule has 0 atom stereocenters. The smallest absolute Gasteiger partial charge is 0.274 e. The van der Waals surface area contributed by atoms with Gasteiger partial charge in [0.05, 0.1) is 18.0 Å². The standard InChI is InChI=1S/C16H16N2O3/c1-3-5-12-6-4-7-13(15(12)19)10-17-18-16(20)14-8-9-21-11(14)2/h3-4,6-10,19H,1,5H2,2H3,(H,18,20)/b17-10-. The zero-order valence-electron chi connectivity index (χ0n) is 11.7. The second-order valence-corrected chi connectivity index (χ2v) is 4.44. The molecule has 0 spiro atoms. The van der Waals surface area contributed by atoms with Gasteiger partial charge < -0.3 is 9.52 Å². The number of allylic oxidation sites excluding steroid dienone is 1. The number of aromatic hydroxyl groups is 1. The highest BCUT2D eigenvalue weighted by Gasteiger charge is 2.10. The van der Waals surface area contributed by atoms with Crippen molar-refractivity contribution in [3.8, 4) is 5.75 Å². The molecule has 1 amide bonds. The van der Waals surface area contributed by atoms with Crippen LogP contribution in [-0.4, -0.2) is 17.2 Å². The van der Waals surface area contributed by atoms with Gasteiger partial charge in [-0.2, -0.15) is 5.10 Å². The Morgan fingerprint density at radius 1 is 1.48 bits per heavy atom. The molecule has 21 heavy (non-hydrogen) atoms. The molecule has 0 bridgehead atoms. The Hall–Kier alpha value is -2.82. The van der Waals surface area contributed by atoms with Crippen LogP contribution in [0.25, 0.3) is 0 Å². The zero-order chi connectivity index (χ0) is 15.2. The van der Waals surface area contributed by atoms with Gasteiger partial charge in [-0.1, -0.05) is 18.2 Å². The number of hydrazone groups is 1. The first-order valence-electron chi connectivity index (χ1n) is 6.42. The maximum Gasteiger partial charge on any atom is 0.274 e. The molecule has 2 aromatic rings. The largest absolute Gasteiger partial charge is 0.507 e. The number of carbonyl (C=O) groups is 1. The quantitative estimate of drug-likeness (QED) is 0.503. The van der Waals surface area contributed by atoms with E-state index in [2.05, 4.69) is 17.1 Å². The van der Waals surface area contributed by atoms with Crippen molar-refractivity contribution in [1.82, 2.24) is 5.43 Å². The summed E-state index contributed by atoms with van der Waals surface area (Å²) < 4.78 is 5.05. The normalized spacial score (nSPS) is 10.7. The number of aryl methyl sites for hydroxylation is 1. The van der Waals surface area contributed by atoms with E-state index in [0.29, 0.717) is 23.3 Å². The third-order valence-electron chi connectivity index (χ3n) is 2.99. The van der Waals surface area contributed by atoms with Crippen molar-refractivity contribution in [2.45, 2.75) is 13.3 Å². The van der Waals surface area contributed by atoms with Crippen LogP contribution in [0.5, 0.6) is 5.75 Å². The van der Waals surface area contributed by atoms with E-state index in [1.807, 2.05) is 12.1 Å². The molecule has 0 aliphatic rings. The van der Waals surface area contributed by atoms with Gasteiger partial charge in [0.15, 0.2) is 0 Å². The van der Waals surface area contributed by atoms with Crippen LogP contribution >= 0.6 is 0 Å². The van der Waals surface area contributed by atoms with Crippen LogP contribution in [0, 0.1) is 6.92 Å². The Morgan fingerprint density at radius 3 is 2.95 bits per heavy atom. The average molecular weight is 284 g/mol. The number of nitrogens with zero attached hydrogens (tertiary/aromatic N) is 1. The van der Waals surface area contributed by atoms with Gasteiger partial charge in [-0.15, -0.1) is 6.58 Å². The number of hydrogen-bond acceptors (Lipinski definition) is 4. The van der Waals surface area contributed by atoms with E-state index in [-0.39, 0.29) is 11.7 Å². The van der Waals surface area contributed by atoms with Crippen LogP contribution in [-0.2, 0) is 6.42 Å². The summed E-state index contributed by atoms with van der Waals surface area (Å²) in [4.78, 5) is 11.8. The van der Waals surface area contributed by atoms with Crippen molar-refractivity contribution >= 4 is 12.1 Å². The first-order chi connectivity index (χ1) is 10.1. The molecule has 0 fully saturated rings. The van der Waals surface area contributed by atoms with E-state index in [1.54, 1.807) is 25.1 Å². The van der Waals surface area contributed by atoms with Gasteiger partial charge in [0.2, 0.25) is 0 Å². The Bertz CT molecular complexity index is 687. The van der Waals surface area contributed by atoms with Gasteiger partial charge in [-0.3, -0.25) is 4.79 Å². The summed E-state index contributed by atoms with van der Waals surface area (Å²) in [6.45, 7) is 5.34. The van der Waals surface area contributed by atoms with Crippen molar-refractivity contribution in [3.05, 3.63) is 65.6 Å². The predicted octanol–water partition coefficient (Wildman–Crippen LogP) is 2.79. The van der Waals surface area contributed by atoms with E-state index >= 15 is 0 Å². The summed E-state index contributed by atoms with van der Waals surface area (Å²) in [5, 5.41) is 13.9. The van der Waals surface area contributed by atoms with Crippen molar-refractivity contribution < 1.29 is 14.3 Å². The number of rotatable bonds is 5. The molecular weight excluding hydrogens is 268 g/mol. The maximum absolute atomic E-state index is 11.8. The highest BCUT2D eigenvalue weighted by atomic mass is 16.3. The van der Waals surface area contributed by atoms with Crippen molar-refractivity contribution in [3.63, 3.8) is 0 Å². The molecule has 0 aliphatic heterocycles. The molecule has 2 N–H and O–H groups in total. The van der Waals surface area contributed by atoms with Crippen LogP contribution in [0.15, 0.2) is 52.7 Å². The zero-order valence-corrected chi connectivity index (χ0v) is 11.7. The minimum absolute atomic E-state index is 0.134. The number of phenols is 1. The van der Waals surface area contributed by atoms with E-state index in [1.165, 1.54) is 12.5 Å². The molecule has 0 saturated carbocycles. The molecule has 0 unspecified atom stereocenters. The highest BCUT2D eigenvalue weighted by Crippen LogP contribution is 2.21. The monoisotopic (exact) mass is 284 g/mol. The molecule has 1 aromatic carbocycles. The van der Waals surface area contributed by atoms with Gasteiger partial charge >= 0.3 is 0 Å². The molecular formula is C16H16N2O3. The number of para-hydroxylation sites is 1. The van der Waals surface area contributed by atoms with Crippen molar-refractivity contribution in [2.24, 2.45) is 5.10 Å². The fraction of sp³-hybridized carbons (Fsp3) is 0.125. The van der Waals surface area contributed by atoms with Gasteiger partial charge in [-0.25, -0.2) is 5.43 Å². The molecule has 0 aliphatic carbocycles. The summed E-state index contributed by atoms with van der Waals surface area (Å²) in [6.07, 6.45) is 5.11. The summed E-state index contributed by atoms with van der Waals surface area (Å²) in [7, 11) is 0. The lowest BCUT2D eigenvalue weighted by atomic mass is 10.1. The van der Waals surface area contributed by atoms with Crippen LogP contribution in [0.3, 0.4) is 0 Å². The van der Waals surface area contributed by atoms with Crippen LogP contribution in [0.2, 0.25) is 0 Å². The lowest BCUT2D eigenvalue weighted by Gasteiger charge is -2.04. The van der Waals surface area contributed by atoms with Gasteiger partial charge in [0.1, 0.15) is 11.5 Å². The molecule has 1 heterocycles. The highest BCUT2D eigenvalue weighted by molar-refractivity contribution is 5.95.